The third-order valence-electron chi connectivity index (χ3n) is 6.73. The zero-order valence-corrected chi connectivity index (χ0v) is 27.3. The molecule has 2 N–H and O–H groups in total. The summed E-state index contributed by atoms with van der Waals surface area (Å²) in [5.41, 5.74) is 1.94. The summed E-state index contributed by atoms with van der Waals surface area (Å²) in [5, 5.41) is 3.32. The molecule has 0 aromatic heterocycles. The van der Waals surface area contributed by atoms with E-state index < -0.39 is 15.6 Å². The number of aliphatic imine (C=N–C) groups is 1. The number of hydrogen-bond acceptors (Lipinski definition) is 5. The number of benzene rings is 1. The largest absolute Gasteiger partial charge is 0.493 e. The number of sulfonamides is 1. The van der Waals surface area contributed by atoms with E-state index in [1.165, 1.54) is 32.4 Å². The number of amidine groups is 1. The zero-order valence-electron chi connectivity index (χ0n) is 26.5. The Morgan fingerprint density at radius 3 is 2.46 bits per heavy atom. The van der Waals surface area contributed by atoms with E-state index in [0.29, 0.717) is 24.0 Å². The summed E-state index contributed by atoms with van der Waals surface area (Å²) in [6, 6.07) is 6.80. The molecule has 0 saturated carbocycles. The Labute approximate surface area is 249 Å². The van der Waals surface area contributed by atoms with E-state index >= 15 is 0 Å². The Balaban J connectivity index is 2.03. The molecule has 0 amide bonds. The molecule has 8 heteroatoms. The Morgan fingerprint density at radius 1 is 1.12 bits per heavy atom. The van der Waals surface area contributed by atoms with Crippen LogP contribution in [0.2, 0.25) is 0 Å². The number of rotatable bonds is 13. The maximum absolute atomic E-state index is 12.8. The molecule has 1 aromatic rings. The van der Waals surface area contributed by atoms with Crippen molar-refractivity contribution in [3.05, 3.63) is 71.7 Å². The molecule has 41 heavy (non-hydrogen) atoms. The fourth-order valence-corrected chi connectivity index (χ4v) is 5.77. The van der Waals surface area contributed by atoms with Crippen LogP contribution in [0.5, 0.6) is 0 Å². The summed E-state index contributed by atoms with van der Waals surface area (Å²) in [5.74, 6) is 1.91. The van der Waals surface area contributed by atoms with Crippen molar-refractivity contribution in [3.8, 4) is 0 Å². The molecule has 1 aliphatic rings. The Kier molecular flexibility index (Phi) is 14.0. The molecule has 0 aliphatic carbocycles. The highest BCUT2D eigenvalue weighted by Gasteiger charge is 2.22. The van der Waals surface area contributed by atoms with Crippen molar-refractivity contribution < 1.29 is 13.2 Å². The van der Waals surface area contributed by atoms with Crippen LogP contribution in [0.25, 0.3) is 0 Å². The summed E-state index contributed by atoms with van der Waals surface area (Å²) in [6.07, 6.45) is 15.1. The molecule has 1 saturated heterocycles. The first-order chi connectivity index (χ1) is 19.3. The first-order valence-electron chi connectivity index (χ1n) is 14.8. The molecule has 1 heterocycles. The molecule has 1 atom stereocenters. The molecule has 0 spiro atoms. The van der Waals surface area contributed by atoms with Crippen LogP contribution >= 0.6 is 0 Å². The molecule has 0 radical (unpaired) electrons. The van der Waals surface area contributed by atoms with Gasteiger partial charge in [0.25, 0.3) is 0 Å². The summed E-state index contributed by atoms with van der Waals surface area (Å²) in [4.78, 5) is 7.52. The second kappa shape index (κ2) is 16.7. The van der Waals surface area contributed by atoms with Crippen LogP contribution in [0.15, 0.2) is 81.6 Å². The van der Waals surface area contributed by atoms with Crippen molar-refractivity contribution in [2.75, 3.05) is 31.6 Å². The lowest BCUT2D eigenvalue weighted by Gasteiger charge is -2.26. The SMILES string of the molecule is CC=C(C=CC(C)C\C=C(C)/N=C(Nc1cccc(S(=O)(=O)NC(C)(C)C)c1)\C(C)=C/C)OCCN1CCCCC1. The lowest BCUT2D eigenvalue weighted by molar-refractivity contribution is 0.148. The van der Waals surface area contributed by atoms with Crippen molar-refractivity contribution >= 4 is 21.5 Å². The number of nitrogens with one attached hydrogen (secondary N) is 2. The van der Waals surface area contributed by atoms with Gasteiger partial charge in [-0.05, 0) is 123 Å². The van der Waals surface area contributed by atoms with Gasteiger partial charge in [-0.15, -0.1) is 0 Å². The van der Waals surface area contributed by atoms with Crippen molar-refractivity contribution in [2.45, 2.75) is 91.5 Å². The predicted octanol–water partition coefficient (Wildman–Crippen LogP) is 7.43. The van der Waals surface area contributed by atoms with Crippen molar-refractivity contribution in [1.29, 1.82) is 0 Å². The normalized spacial score (nSPS) is 17.7. The van der Waals surface area contributed by atoms with Gasteiger partial charge < -0.3 is 10.1 Å². The highest BCUT2D eigenvalue weighted by atomic mass is 32.2. The number of hydrogen-bond donors (Lipinski definition) is 2. The minimum atomic E-state index is -3.65. The standard InChI is InChI=1S/C33H52N4O3S/c1-9-27(4)32(35-29-15-14-16-31(25-29)41(38,39)36-33(6,7)8)34-28(5)19-17-26(3)18-20-30(10-2)40-24-23-37-21-12-11-13-22-37/h9-10,14-16,18-20,25-26,36H,11-13,17,21-24H2,1-8H3,(H,34,35)/b20-18?,27-9-,28-19-,30-10?. The van der Waals surface area contributed by atoms with Gasteiger partial charge in [-0.3, -0.25) is 4.90 Å². The fourth-order valence-electron chi connectivity index (χ4n) is 4.31. The second-order valence-electron chi connectivity index (χ2n) is 11.8. The van der Waals surface area contributed by atoms with E-state index in [4.69, 9.17) is 9.73 Å². The molecular formula is C33H52N4O3S. The van der Waals surface area contributed by atoms with Crippen LogP contribution in [0, 0.1) is 5.92 Å². The topological polar surface area (TPSA) is 83.0 Å². The van der Waals surface area contributed by atoms with E-state index in [1.807, 2.05) is 66.7 Å². The Morgan fingerprint density at radius 2 is 1.83 bits per heavy atom. The van der Waals surface area contributed by atoms with Gasteiger partial charge in [-0.2, -0.15) is 0 Å². The van der Waals surface area contributed by atoms with E-state index in [9.17, 15) is 8.42 Å². The lowest BCUT2D eigenvalue weighted by Crippen LogP contribution is -2.40. The monoisotopic (exact) mass is 584 g/mol. The minimum Gasteiger partial charge on any atom is -0.493 e. The third kappa shape index (κ3) is 13.2. The highest BCUT2D eigenvalue weighted by Crippen LogP contribution is 2.19. The summed E-state index contributed by atoms with van der Waals surface area (Å²) >= 11 is 0. The van der Waals surface area contributed by atoms with Crippen LogP contribution in [-0.4, -0.2) is 50.9 Å². The maximum Gasteiger partial charge on any atom is 0.241 e. The average molecular weight is 585 g/mol. The minimum absolute atomic E-state index is 0.207. The van der Waals surface area contributed by atoms with Gasteiger partial charge in [0, 0.05) is 23.5 Å². The molecule has 228 valence electrons. The van der Waals surface area contributed by atoms with Gasteiger partial charge in [-0.25, -0.2) is 18.1 Å². The highest BCUT2D eigenvalue weighted by molar-refractivity contribution is 7.89. The summed E-state index contributed by atoms with van der Waals surface area (Å²) in [7, 11) is -3.65. The molecule has 1 aromatic carbocycles. The van der Waals surface area contributed by atoms with E-state index in [-0.39, 0.29) is 4.90 Å². The van der Waals surface area contributed by atoms with Gasteiger partial charge in [0.2, 0.25) is 10.0 Å². The zero-order chi connectivity index (χ0) is 30.5. The van der Waals surface area contributed by atoms with Gasteiger partial charge in [0.05, 0.1) is 4.90 Å². The number of nitrogens with zero attached hydrogens (tertiary/aromatic N) is 2. The Hall–Kier alpha value is -2.68. The number of anilines is 1. The molecule has 7 nitrogen and oxygen atoms in total. The average Bonchev–Trinajstić information content (AvgIpc) is 2.92. The fraction of sp³-hybridized carbons (Fsp3) is 0.545. The molecule has 1 aliphatic heterocycles. The van der Waals surface area contributed by atoms with Crippen molar-refractivity contribution in [3.63, 3.8) is 0 Å². The first-order valence-corrected chi connectivity index (χ1v) is 16.3. The van der Waals surface area contributed by atoms with Crippen LogP contribution in [0.4, 0.5) is 5.69 Å². The molecule has 0 bridgehead atoms. The van der Waals surface area contributed by atoms with E-state index in [0.717, 1.165) is 30.0 Å². The van der Waals surface area contributed by atoms with Gasteiger partial charge in [-0.1, -0.05) is 37.6 Å². The maximum atomic E-state index is 12.8. The lowest BCUT2D eigenvalue weighted by atomic mass is 10.1. The predicted molar refractivity (Wildman–Crippen MR) is 174 cm³/mol. The van der Waals surface area contributed by atoms with Crippen LogP contribution in [0.3, 0.4) is 0 Å². The number of likely N-dealkylation sites (tertiary alicyclic amines) is 1. The second-order valence-corrected chi connectivity index (χ2v) is 13.5. The summed E-state index contributed by atoms with van der Waals surface area (Å²) < 4.78 is 34.4. The van der Waals surface area contributed by atoms with Crippen molar-refractivity contribution in [2.24, 2.45) is 10.9 Å². The molecule has 1 unspecified atom stereocenters. The van der Waals surface area contributed by atoms with Gasteiger partial charge >= 0.3 is 0 Å². The third-order valence-corrected chi connectivity index (χ3v) is 8.48. The van der Waals surface area contributed by atoms with Gasteiger partial charge in [0.15, 0.2) is 0 Å². The van der Waals surface area contributed by atoms with E-state index in [2.05, 4.69) is 40.1 Å². The van der Waals surface area contributed by atoms with Crippen LogP contribution in [-0.2, 0) is 14.8 Å². The molecular weight excluding hydrogens is 532 g/mol. The smallest absolute Gasteiger partial charge is 0.241 e. The quantitative estimate of drug-likeness (QED) is 0.109. The van der Waals surface area contributed by atoms with Crippen LogP contribution in [0.1, 0.15) is 81.1 Å². The first kappa shape index (κ1) is 34.5. The molecule has 1 fully saturated rings. The van der Waals surface area contributed by atoms with E-state index in [1.54, 1.807) is 18.2 Å². The Bertz CT molecular complexity index is 1230. The number of piperidine rings is 1. The number of ether oxygens (including phenoxy) is 1. The van der Waals surface area contributed by atoms with Crippen LogP contribution < -0.4 is 10.0 Å². The molecule has 2 rings (SSSR count). The summed E-state index contributed by atoms with van der Waals surface area (Å²) in [6.45, 7) is 19.6. The van der Waals surface area contributed by atoms with Crippen molar-refractivity contribution in [1.82, 2.24) is 9.62 Å². The van der Waals surface area contributed by atoms with Gasteiger partial charge in [0.1, 0.15) is 18.2 Å². The number of allylic oxidation sites excluding steroid dienone is 6.